The molecule has 1 atom stereocenters. The topological polar surface area (TPSA) is 81.8 Å². The lowest BCUT2D eigenvalue weighted by Crippen LogP contribution is -2.19. The van der Waals surface area contributed by atoms with Crippen LogP contribution in [0.15, 0.2) is 10.5 Å². The summed E-state index contributed by atoms with van der Waals surface area (Å²) in [6.45, 7) is 2.96. The Morgan fingerprint density at radius 1 is 1.53 bits per heavy atom. The third-order valence-corrected chi connectivity index (χ3v) is 3.85. The van der Waals surface area contributed by atoms with Gasteiger partial charge in [0.2, 0.25) is 0 Å². The van der Waals surface area contributed by atoms with Gasteiger partial charge >= 0.3 is 5.97 Å². The minimum absolute atomic E-state index is 0.0431. The van der Waals surface area contributed by atoms with Crippen LogP contribution in [0.3, 0.4) is 0 Å². The number of fused-ring (bicyclic) bond motifs is 1. The van der Waals surface area contributed by atoms with Crippen molar-refractivity contribution in [3.63, 3.8) is 0 Å². The molecular formula is C13H16BrNO4. The molecule has 104 valence electrons. The van der Waals surface area contributed by atoms with Crippen molar-refractivity contribution in [2.75, 3.05) is 13.2 Å². The molecule has 6 heteroatoms. The number of carboxylic acids is 1. The van der Waals surface area contributed by atoms with Crippen LogP contribution in [0, 0.1) is 6.92 Å². The van der Waals surface area contributed by atoms with Crippen molar-refractivity contribution in [2.24, 2.45) is 5.73 Å². The molecule has 0 bridgehead atoms. The lowest BCUT2D eigenvalue weighted by Gasteiger charge is -2.24. The molecule has 2 rings (SSSR count). The maximum absolute atomic E-state index is 10.6. The number of hydrogen-bond acceptors (Lipinski definition) is 4. The quantitative estimate of drug-likeness (QED) is 0.886. The molecule has 19 heavy (non-hydrogen) atoms. The second kappa shape index (κ2) is 5.79. The van der Waals surface area contributed by atoms with Gasteiger partial charge in [-0.05, 0) is 46.5 Å². The molecule has 3 N–H and O–H groups in total. The van der Waals surface area contributed by atoms with Crippen LogP contribution >= 0.6 is 15.9 Å². The molecule has 0 amide bonds. The fourth-order valence-corrected chi connectivity index (χ4v) is 3.08. The van der Waals surface area contributed by atoms with Crippen LogP contribution in [0.5, 0.6) is 11.5 Å². The molecule has 0 aromatic heterocycles. The number of aryl methyl sites for hydroxylation is 1. The Labute approximate surface area is 119 Å². The first-order chi connectivity index (χ1) is 9.00. The summed E-state index contributed by atoms with van der Waals surface area (Å²) in [6.07, 6.45) is 0.426. The summed E-state index contributed by atoms with van der Waals surface area (Å²) in [7, 11) is 0. The van der Waals surface area contributed by atoms with Gasteiger partial charge in [-0.15, -0.1) is 0 Å². The first-order valence-electron chi connectivity index (χ1n) is 6.06. The first kappa shape index (κ1) is 14.1. The van der Waals surface area contributed by atoms with E-state index in [-0.39, 0.29) is 12.5 Å². The van der Waals surface area contributed by atoms with Crippen molar-refractivity contribution in [1.82, 2.24) is 0 Å². The largest absolute Gasteiger partial charge is 0.486 e. The minimum atomic E-state index is -0.846. The molecule has 1 aliphatic heterocycles. The van der Waals surface area contributed by atoms with Gasteiger partial charge in [0.25, 0.3) is 0 Å². The van der Waals surface area contributed by atoms with Gasteiger partial charge in [-0.3, -0.25) is 4.79 Å². The average molecular weight is 330 g/mol. The summed E-state index contributed by atoms with van der Waals surface area (Å²) in [6, 6.07) is 1.54. The van der Waals surface area contributed by atoms with E-state index in [2.05, 4.69) is 15.9 Å². The van der Waals surface area contributed by atoms with E-state index in [1.807, 2.05) is 13.0 Å². The Morgan fingerprint density at radius 3 is 2.89 bits per heavy atom. The molecular weight excluding hydrogens is 314 g/mol. The van der Waals surface area contributed by atoms with Gasteiger partial charge in [0.15, 0.2) is 11.5 Å². The highest BCUT2D eigenvalue weighted by molar-refractivity contribution is 9.10. The molecule has 1 unspecified atom stereocenters. The smallest absolute Gasteiger partial charge is 0.303 e. The summed E-state index contributed by atoms with van der Waals surface area (Å²) in [4.78, 5) is 10.6. The van der Waals surface area contributed by atoms with Crippen molar-refractivity contribution in [3.05, 3.63) is 21.7 Å². The van der Waals surface area contributed by atoms with Gasteiger partial charge in [-0.2, -0.15) is 0 Å². The number of halogens is 1. The summed E-state index contributed by atoms with van der Waals surface area (Å²) < 4.78 is 11.9. The third kappa shape index (κ3) is 3.01. The molecule has 1 aliphatic rings. The zero-order chi connectivity index (χ0) is 14.0. The fraction of sp³-hybridized carbons (Fsp3) is 0.462. The number of aliphatic carboxylic acids is 1. The molecule has 1 aromatic rings. The van der Waals surface area contributed by atoms with E-state index in [1.54, 1.807) is 0 Å². The van der Waals surface area contributed by atoms with E-state index in [9.17, 15) is 4.79 Å². The minimum Gasteiger partial charge on any atom is -0.486 e. The van der Waals surface area contributed by atoms with E-state index in [1.165, 1.54) is 0 Å². The molecule has 0 saturated carbocycles. The molecule has 0 saturated heterocycles. The monoisotopic (exact) mass is 329 g/mol. The van der Waals surface area contributed by atoms with E-state index < -0.39 is 5.97 Å². The Hall–Kier alpha value is -1.27. The van der Waals surface area contributed by atoms with Crippen LogP contribution in [0.4, 0.5) is 0 Å². The van der Waals surface area contributed by atoms with Gasteiger partial charge in [0.1, 0.15) is 13.2 Å². The maximum Gasteiger partial charge on any atom is 0.303 e. The number of carboxylic acid groups (broad SMARTS) is 1. The van der Waals surface area contributed by atoms with E-state index >= 15 is 0 Å². The van der Waals surface area contributed by atoms with Crippen molar-refractivity contribution in [3.8, 4) is 11.5 Å². The zero-order valence-electron chi connectivity index (χ0n) is 10.6. The van der Waals surface area contributed by atoms with Gasteiger partial charge in [0, 0.05) is 12.5 Å². The predicted octanol–water partition coefficient (Wildman–Crippen LogP) is 2.39. The summed E-state index contributed by atoms with van der Waals surface area (Å²) in [5.74, 6) is 0.504. The number of ether oxygens (including phenoxy) is 2. The summed E-state index contributed by atoms with van der Waals surface area (Å²) in [5, 5.41) is 8.73. The number of carbonyl (C=O) groups is 1. The summed E-state index contributed by atoms with van der Waals surface area (Å²) in [5.41, 5.74) is 7.94. The second-order valence-electron chi connectivity index (χ2n) is 4.48. The van der Waals surface area contributed by atoms with Gasteiger partial charge in [0.05, 0.1) is 4.47 Å². The maximum atomic E-state index is 10.6. The fourth-order valence-electron chi connectivity index (χ4n) is 2.16. The van der Waals surface area contributed by atoms with Gasteiger partial charge < -0.3 is 20.3 Å². The Bertz CT molecular complexity index is 504. The van der Waals surface area contributed by atoms with E-state index in [0.717, 1.165) is 15.6 Å². The molecule has 0 aliphatic carbocycles. The number of benzene rings is 1. The molecule has 0 radical (unpaired) electrons. The molecule has 1 heterocycles. The number of rotatable bonds is 4. The first-order valence-corrected chi connectivity index (χ1v) is 6.86. The highest BCUT2D eigenvalue weighted by Gasteiger charge is 2.23. The normalized spacial score (nSPS) is 15.1. The molecule has 0 fully saturated rings. The Morgan fingerprint density at radius 2 is 2.21 bits per heavy atom. The third-order valence-electron chi connectivity index (χ3n) is 3.06. The predicted molar refractivity (Wildman–Crippen MR) is 73.7 cm³/mol. The Kier molecular flexibility index (Phi) is 4.31. The molecule has 0 spiro atoms. The van der Waals surface area contributed by atoms with E-state index in [0.29, 0.717) is 31.1 Å². The van der Waals surface area contributed by atoms with Crippen molar-refractivity contribution >= 4 is 21.9 Å². The van der Waals surface area contributed by atoms with Crippen LogP contribution in [0.1, 0.15) is 30.0 Å². The summed E-state index contributed by atoms with van der Waals surface area (Å²) >= 11 is 3.49. The Balaban J connectivity index is 2.32. The number of hydrogen-bond donors (Lipinski definition) is 2. The number of nitrogens with two attached hydrogens (primary N) is 1. The van der Waals surface area contributed by atoms with Crippen LogP contribution in [0.25, 0.3) is 0 Å². The highest BCUT2D eigenvalue weighted by Crippen LogP contribution is 2.43. The molecule has 5 nitrogen and oxygen atoms in total. The average Bonchev–Trinajstić information content (AvgIpc) is 2.36. The van der Waals surface area contributed by atoms with Crippen LogP contribution in [-0.4, -0.2) is 24.3 Å². The SMILES string of the molecule is Cc1cc2c(c(Br)c1C(N)CCC(=O)O)OCCO2. The standard InChI is InChI=1S/C13H16BrNO4/c1-7-6-9-13(19-5-4-18-9)12(14)11(7)8(15)2-3-10(16)17/h6,8H,2-5,15H2,1H3,(H,16,17). The van der Waals surface area contributed by atoms with Gasteiger partial charge in [-0.25, -0.2) is 0 Å². The molecule has 1 aromatic carbocycles. The second-order valence-corrected chi connectivity index (χ2v) is 5.28. The highest BCUT2D eigenvalue weighted by atomic mass is 79.9. The van der Waals surface area contributed by atoms with Crippen molar-refractivity contribution < 1.29 is 19.4 Å². The lowest BCUT2D eigenvalue weighted by atomic mass is 9.97. The van der Waals surface area contributed by atoms with Gasteiger partial charge in [-0.1, -0.05) is 0 Å². The van der Waals surface area contributed by atoms with Crippen molar-refractivity contribution in [1.29, 1.82) is 0 Å². The van der Waals surface area contributed by atoms with Crippen LogP contribution in [-0.2, 0) is 4.79 Å². The van der Waals surface area contributed by atoms with Crippen LogP contribution in [0.2, 0.25) is 0 Å². The zero-order valence-corrected chi connectivity index (χ0v) is 12.2. The van der Waals surface area contributed by atoms with E-state index in [4.69, 9.17) is 20.3 Å². The van der Waals surface area contributed by atoms with Crippen molar-refractivity contribution in [2.45, 2.75) is 25.8 Å². The van der Waals surface area contributed by atoms with Crippen LogP contribution < -0.4 is 15.2 Å². The lowest BCUT2D eigenvalue weighted by molar-refractivity contribution is -0.137.